The molecule has 0 saturated carbocycles. The summed E-state index contributed by atoms with van der Waals surface area (Å²) in [5.74, 6) is 0.399. The highest BCUT2D eigenvalue weighted by molar-refractivity contribution is 5.51. The van der Waals surface area contributed by atoms with E-state index in [2.05, 4.69) is 26.0 Å². The maximum absolute atomic E-state index is 9.09. The Morgan fingerprint density at radius 3 is 2.47 bits per heavy atom. The van der Waals surface area contributed by atoms with Gasteiger partial charge in [0.05, 0.1) is 6.61 Å². The van der Waals surface area contributed by atoms with Crippen LogP contribution in [0.4, 0.5) is 0 Å². The predicted octanol–water partition coefficient (Wildman–Crippen LogP) is 3.27. The first kappa shape index (κ1) is 11.7. The quantitative estimate of drug-likeness (QED) is 0.743. The second kappa shape index (κ2) is 6.20. The summed E-state index contributed by atoms with van der Waals surface area (Å²) in [5, 5.41) is 9.09. The van der Waals surface area contributed by atoms with Crippen LogP contribution in [0, 0.1) is 5.92 Å². The minimum atomic E-state index is 0.136. The molecule has 1 N–H and O–H groups in total. The zero-order valence-electron chi connectivity index (χ0n) is 9.35. The molecule has 0 spiro atoms. The summed E-state index contributed by atoms with van der Waals surface area (Å²) in [6.45, 7) is 4.30. The second-order valence-corrected chi connectivity index (χ2v) is 3.82. The van der Waals surface area contributed by atoms with E-state index in [1.807, 2.05) is 36.4 Å². The summed E-state index contributed by atoms with van der Waals surface area (Å²) in [5.41, 5.74) is 2.23. The van der Waals surface area contributed by atoms with Gasteiger partial charge in [-0.3, -0.25) is 0 Å². The van der Waals surface area contributed by atoms with Crippen LogP contribution in [-0.4, -0.2) is 11.7 Å². The molecule has 1 aromatic carbocycles. The van der Waals surface area contributed by atoms with Gasteiger partial charge >= 0.3 is 0 Å². The SMILES string of the molecule is CC(C)C(=CC=Cc1ccccc1)CO. The van der Waals surface area contributed by atoms with Crippen molar-refractivity contribution >= 4 is 6.08 Å². The topological polar surface area (TPSA) is 20.2 Å². The molecule has 0 aliphatic rings. The summed E-state index contributed by atoms with van der Waals surface area (Å²) >= 11 is 0. The minimum absolute atomic E-state index is 0.136. The standard InChI is InChI=1S/C14H18O/c1-12(2)14(11-15)10-6-9-13-7-4-3-5-8-13/h3-10,12,15H,11H2,1-2H3. The molecular weight excluding hydrogens is 184 g/mol. The van der Waals surface area contributed by atoms with E-state index < -0.39 is 0 Å². The molecule has 1 aromatic rings. The lowest BCUT2D eigenvalue weighted by Crippen LogP contribution is -1.98. The fourth-order valence-corrected chi connectivity index (χ4v) is 1.27. The van der Waals surface area contributed by atoms with Gasteiger partial charge in [-0.05, 0) is 17.1 Å². The molecule has 0 aliphatic carbocycles. The molecule has 0 heterocycles. The van der Waals surface area contributed by atoms with Crippen LogP contribution in [0.15, 0.2) is 48.1 Å². The third-order valence-electron chi connectivity index (χ3n) is 2.32. The molecule has 80 valence electrons. The van der Waals surface area contributed by atoms with E-state index in [9.17, 15) is 0 Å². The normalized spacial score (nSPS) is 12.7. The van der Waals surface area contributed by atoms with E-state index in [0.717, 1.165) is 5.57 Å². The Hall–Kier alpha value is -1.34. The molecule has 0 radical (unpaired) electrons. The molecular formula is C14H18O. The predicted molar refractivity (Wildman–Crippen MR) is 65.5 cm³/mol. The van der Waals surface area contributed by atoms with E-state index in [4.69, 9.17) is 5.11 Å². The Morgan fingerprint density at radius 1 is 1.27 bits per heavy atom. The molecule has 15 heavy (non-hydrogen) atoms. The Bertz CT molecular complexity index is 334. The monoisotopic (exact) mass is 202 g/mol. The number of allylic oxidation sites excluding steroid dienone is 2. The highest BCUT2D eigenvalue weighted by Gasteiger charge is 1.98. The first-order valence-electron chi connectivity index (χ1n) is 5.27. The van der Waals surface area contributed by atoms with Crippen LogP contribution in [0.5, 0.6) is 0 Å². The van der Waals surface area contributed by atoms with Gasteiger partial charge in [-0.2, -0.15) is 0 Å². The van der Waals surface area contributed by atoms with E-state index in [0.29, 0.717) is 5.92 Å². The van der Waals surface area contributed by atoms with Gasteiger partial charge in [-0.1, -0.05) is 62.4 Å². The second-order valence-electron chi connectivity index (χ2n) is 3.82. The maximum Gasteiger partial charge on any atom is 0.0647 e. The Balaban J connectivity index is 2.66. The lowest BCUT2D eigenvalue weighted by Gasteiger charge is -2.05. The van der Waals surface area contributed by atoms with Crippen molar-refractivity contribution in [2.45, 2.75) is 13.8 Å². The molecule has 1 heteroatoms. The lowest BCUT2D eigenvalue weighted by molar-refractivity contribution is 0.319. The molecule has 0 aromatic heterocycles. The van der Waals surface area contributed by atoms with Crippen molar-refractivity contribution in [3.05, 3.63) is 53.6 Å². The summed E-state index contributed by atoms with van der Waals surface area (Å²) in [7, 11) is 0. The number of aliphatic hydroxyl groups is 1. The highest BCUT2D eigenvalue weighted by atomic mass is 16.3. The zero-order chi connectivity index (χ0) is 11.1. The largest absolute Gasteiger partial charge is 0.392 e. The van der Waals surface area contributed by atoms with E-state index in [1.54, 1.807) is 0 Å². The summed E-state index contributed by atoms with van der Waals surface area (Å²) < 4.78 is 0. The van der Waals surface area contributed by atoms with E-state index in [-0.39, 0.29) is 6.61 Å². The maximum atomic E-state index is 9.09. The molecule has 0 atom stereocenters. The van der Waals surface area contributed by atoms with Crippen LogP contribution in [0.1, 0.15) is 19.4 Å². The molecule has 0 aliphatic heterocycles. The molecule has 0 fully saturated rings. The van der Waals surface area contributed by atoms with Crippen molar-refractivity contribution in [3.8, 4) is 0 Å². The Labute approximate surface area is 91.8 Å². The van der Waals surface area contributed by atoms with Crippen molar-refractivity contribution in [3.63, 3.8) is 0 Å². The smallest absolute Gasteiger partial charge is 0.0647 e. The first-order valence-corrected chi connectivity index (χ1v) is 5.27. The minimum Gasteiger partial charge on any atom is -0.392 e. The lowest BCUT2D eigenvalue weighted by atomic mass is 10.0. The molecule has 0 bridgehead atoms. The van der Waals surface area contributed by atoms with Gasteiger partial charge < -0.3 is 5.11 Å². The van der Waals surface area contributed by atoms with Gasteiger partial charge in [-0.25, -0.2) is 0 Å². The van der Waals surface area contributed by atoms with Crippen LogP contribution in [-0.2, 0) is 0 Å². The van der Waals surface area contributed by atoms with Gasteiger partial charge in [0, 0.05) is 0 Å². The van der Waals surface area contributed by atoms with E-state index in [1.165, 1.54) is 5.56 Å². The van der Waals surface area contributed by atoms with Crippen molar-refractivity contribution in [1.82, 2.24) is 0 Å². The van der Waals surface area contributed by atoms with Crippen LogP contribution in [0.3, 0.4) is 0 Å². The molecule has 1 rings (SSSR count). The summed E-state index contributed by atoms with van der Waals surface area (Å²) in [6.07, 6.45) is 6.01. The summed E-state index contributed by atoms with van der Waals surface area (Å²) in [6, 6.07) is 10.1. The van der Waals surface area contributed by atoms with Crippen LogP contribution >= 0.6 is 0 Å². The third-order valence-corrected chi connectivity index (χ3v) is 2.32. The average Bonchev–Trinajstić information content (AvgIpc) is 2.25. The van der Waals surface area contributed by atoms with E-state index >= 15 is 0 Å². The van der Waals surface area contributed by atoms with Gasteiger partial charge in [0.25, 0.3) is 0 Å². The van der Waals surface area contributed by atoms with Crippen LogP contribution in [0.2, 0.25) is 0 Å². The van der Waals surface area contributed by atoms with Crippen molar-refractivity contribution in [1.29, 1.82) is 0 Å². The van der Waals surface area contributed by atoms with Gasteiger partial charge in [-0.15, -0.1) is 0 Å². The van der Waals surface area contributed by atoms with Crippen molar-refractivity contribution in [2.75, 3.05) is 6.61 Å². The molecule has 0 saturated heterocycles. The van der Waals surface area contributed by atoms with Gasteiger partial charge in [0.15, 0.2) is 0 Å². The number of rotatable bonds is 4. The number of aliphatic hydroxyl groups excluding tert-OH is 1. The number of hydrogen-bond donors (Lipinski definition) is 1. The average molecular weight is 202 g/mol. The Morgan fingerprint density at radius 2 is 1.93 bits per heavy atom. The highest BCUT2D eigenvalue weighted by Crippen LogP contribution is 2.09. The van der Waals surface area contributed by atoms with Crippen molar-refractivity contribution in [2.24, 2.45) is 5.92 Å². The van der Waals surface area contributed by atoms with Crippen LogP contribution < -0.4 is 0 Å². The van der Waals surface area contributed by atoms with Crippen LogP contribution in [0.25, 0.3) is 6.08 Å². The fraction of sp³-hybridized carbons (Fsp3) is 0.286. The summed E-state index contributed by atoms with van der Waals surface area (Å²) in [4.78, 5) is 0. The van der Waals surface area contributed by atoms with Gasteiger partial charge in [0.2, 0.25) is 0 Å². The molecule has 0 amide bonds. The van der Waals surface area contributed by atoms with Crippen molar-refractivity contribution < 1.29 is 5.11 Å². The fourth-order valence-electron chi connectivity index (χ4n) is 1.27. The van der Waals surface area contributed by atoms with Gasteiger partial charge in [0.1, 0.15) is 0 Å². The Kier molecular flexibility index (Phi) is 4.85. The third kappa shape index (κ3) is 4.13. The number of benzene rings is 1. The first-order chi connectivity index (χ1) is 7.24. The number of hydrogen-bond acceptors (Lipinski definition) is 1. The molecule has 1 nitrogen and oxygen atoms in total. The zero-order valence-corrected chi connectivity index (χ0v) is 9.35. The molecule has 0 unspecified atom stereocenters.